The van der Waals surface area contributed by atoms with Crippen LogP contribution in [-0.2, 0) is 6.61 Å². The Morgan fingerprint density at radius 1 is 1.15 bits per heavy atom. The molecule has 26 heavy (non-hydrogen) atoms. The van der Waals surface area contributed by atoms with Gasteiger partial charge >= 0.3 is 0 Å². The van der Waals surface area contributed by atoms with Crippen LogP contribution in [0.25, 0.3) is 0 Å². The van der Waals surface area contributed by atoms with Gasteiger partial charge in [0.25, 0.3) is 5.91 Å². The van der Waals surface area contributed by atoms with Crippen molar-refractivity contribution >= 4 is 17.8 Å². The van der Waals surface area contributed by atoms with E-state index in [2.05, 4.69) is 4.99 Å². The first-order valence-electron chi connectivity index (χ1n) is 9.00. The highest BCUT2D eigenvalue weighted by molar-refractivity contribution is 6.03. The maximum atomic E-state index is 13.0. The Kier molecular flexibility index (Phi) is 4.61. The van der Waals surface area contributed by atoms with Crippen molar-refractivity contribution in [1.29, 1.82) is 0 Å². The molecule has 1 atom stereocenters. The third-order valence-electron chi connectivity index (χ3n) is 4.95. The number of ether oxygens (including phenoxy) is 2. The molecule has 4 rings (SSSR count). The Morgan fingerprint density at radius 3 is 2.81 bits per heavy atom. The quantitative estimate of drug-likeness (QED) is 0.838. The van der Waals surface area contributed by atoms with Crippen molar-refractivity contribution < 1.29 is 14.3 Å². The van der Waals surface area contributed by atoms with E-state index in [1.54, 1.807) is 13.2 Å². The number of carbonyl (C=O) groups excluding carboxylic acids is 1. The van der Waals surface area contributed by atoms with Gasteiger partial charge in [0.15, 0.2) is 11.5 Å². The van der Waals surface area contributed by atoms with E-state index in [-0.39, 0.29) is 11.9 Å². The van der Waals surface area contributed by atoms with E-state index >= 15 is 0 Å². The third-order valence-corrected chi connectivity index (χ3v) is 4.95. The molecule has 5 heteroatoms. The predicted molar refractivity (Wildman–Crippen MR) is 101 cm³/mol. The summed E-state index contributed by atoms with van der Waals surface area (Å²) in [6.45, 7) is 1.21. The highest BCUT2D eigenvalue weighted by Crippen LogP contribution is 2.38. The first-order chi connectivity index (χ1) is 12.8. The molecule has 0 bridgehead atoms. The number of amides is 1. The van der Waals surface area contributed by atoms with Crippen molar-refractivity contribution in [3.05, 3.63) is 53.6 Å². The molecule has 1 amide bonds. The lowest BCUT2D eigenvalue weighted by molar-refractivity contribution is 0.0688. The van der Waals surface area contributed by atoms with Gasteiger partial charge in [-0.15, -0.1) is 0 Å². The van der Waals surface area contributed by atoms with Crippen molar-refractivity contribution in [3.8, 4) is 11.5 Å². The Bertz CT molecular complexity index is 833. The molecule has 134 valence electrons. The van der Waals surface area contributed by atoms with Crippen LogP contribution in [0, 0.1) is 0 Å². The highest BCUT2D eigenvalue weighted by Gasteiger charge is 2.31. The molecule has 0 N–H and O–H groups in total. The molecular formula is C21H22N2O3. The van der Waals surface area contributed by atoms with Gasteiger partial charge in [-0.25, -0.2) is 0 Å². The minimum Gasteiger partial charge on any atom is -0.493 e. The van der Waals surface area contributed by atoms with Gasteiger partial charge in [-0.3, -0.25) is 9.79 Å². The number of methoxy groups -OCH3 is 1. The van der Waals surface area contributed by atoms with Gasteiger partial charge in [0.1, 0.15) is 6.61 Å². The number of piperidine rings is 1. The maximum absolute atomic E-state index is 13.0. The van der Waals surface area contributed by atoms with Gasteiger partial charge in [0.2, 0.25) is 0 Å². The van der Waals surface area contributed by atoms with Crippen LogP contribution in [0.5, 0.6) is 11.5 Å². The average Bonchev–Trinajstić information content (AvgIpc) is 2.83. The van der Waals surface area contributed by atoms with Crippen LogP contribution in [0.2, 0.25) is 0 Å². The molecule has 5 nitrogen and oxygen atoms in total. The number of rotatable bonds is 4. The minimum absolute atomic E-state index is 0.0232. The zero-order valence-corrected chi connectivity index (χ0v) is 14.9. The number of hydrogen-bond acceptors (Lipinski definition) is 4. The molecule has 0 aliphatic carbocycles. The van der Waals surface area contributed by atoms with Gasteiger partial charge in [-0.05, 0) is 30.9 Å². The minimum atomic E-state index is 0.0232. The molecular weight excluding hydrogens is 328 g/mol. The molecule has 0 radical (unpaired) electrons. The fraction of sp³-hybridized carbons (Fsp3) is 0.333. The summed E-state index contributed by atoms with van der Waals surface area (Å²) in [5.74, 6) is 1.17. The standard InChI is InChI=1S/C21H22N2O3/c1-25-19-11-17-18(12-20(19)26-14-15-7-3-2-4-8-15)22-13-16-9-5-6-10-23(16)21(17)24/h2-4,7-8,11-13,16H,5-6,9-10,14H2,1H3/t16-/m0/s1. The zero-order chi connectivity index (χ0) is 17.9. The van der Waals surface area contributed by atoms with Gasteiger partial charge in [-0.1, -0.05) is 30.3 Å². The van der Waals surface area contributed by atoms with Crippen LogP contribution in [0.1, 0.15) is 35.2 Å². The fourth-order valence-electron chi connectivity index (χ4n) is 3.52. The van der Waals surface area contributed by atoms with E-state index < -0.39 is 0 Å². The summed E-state index contributed by atoms with van der Waals surface area (Å²) in [5.41, 5.74) is 2.30. The van der Waals surface area contributed by atoms with Gasteiger partial charge in [0.05, 0.1) is 24.4 Å². The molecule has 2 aliphatic rings. The second-order valence-corrected chi connectivity index (χ2v) is 6.63. The van der Waals surface area contributed by atoms with Crippen LogP contribution < -0.4 is 9.47 Å². The van der Waals surface area contributed by atoms with E-state index in [0.29, 0.717) is 29.4 Å². The summed E-state index contributed by atoms with van der Waals surface area (Å²) in [6.07, 6.45) is 5.04. The van der Waals surface area contributed by atoms with Crippen molar-refractivity contribution in [2.75, 3.05) is 13.7 Å². The van der Waals surface area contributed by atoms with Crippen LogP contribution in [0.15, 0.2) is 47.5 Å². The summed E-state index contributed by atoms with van der Waals surface area (Å²) in [4.78, 5) is 19.5. The molecule has 0 saturated carbocycles. The second kappa shape index (κ2) is 7.20. The SMILES string of the molecule is COc1cc2c(cc1OCc1ccccc1)N=C[C@@H]1CCCCN1C2=O. The number of nitrogens with zero attached hydrogens (tertiary/aromatic N) is 2. The molecule has 2 aliphatic heterocycles. The van der Waals surface area contributed by atoms with E-state index in [9.17, 15) is 4.79 Å². The Labute approximate surface area is 153 Å². The van der Waals surface area contributed by atoms with Crippen molar-refractivity contribution in [3.63, 3.8) is 0 Å². The predicted octanol–water partition coefficient (Wildman–Crippen LogP) is 3.98. The van der Waals surface area contributed by atoms with Gasteiger partial charge in [0, 0.05) is 18.8 Å². The Morgan fingerprint density at radius 2 is 2.00 bits per heavy atom. The first-order valence-corrected chi connectivity index (χ1v) is 9.00. The monoisotopic (exact) mass is 350 g/mol. The molecule has 2 aromatic rings. The van der Waals surface area contributed by atoms with Crippen molar-refractivity contribution in [1.82, 2.24) is 4.90 Å². The van der Waals surface area contributed by atoms with Crippen LogP contribution in [0.4, 0.5) is 5.69 Å². The number of hydrogen-bond donors (Lipinski definition) is 0. The lowest BCUT2D eigenvalue weighted by Crippen LogP contribution is -2.43. The molecule has 2 heterocycles. The van der Waals surface area contributed by atoms with Crippen LogP contribution in [-0.4, -0.2) is 36.7 Å². The largest absolute Gasteiger partial charge is 0.493 e. The van der Waals surface area contributed by atoms with Crippen LogP contribution in [0.3, 0.4) is 0 Å². The average molecular weight is 350 g/mol. The van der Waals surface area contributed by atoms with Crippen molar-refractivity contribution in [2.45, 2.75) is 31.9 Å². The third kappa shape index (κ3) is 3.17. The molecule has 1 fully saturated rings. The van der Waals surface area contributed by atoms with E-state index in [1.165, 1.54) is 0 Å². The zero-order valence-electron chi connectivity index (χ0n) is 14.9. The van der Waals surface area contributed by atoms with Gasteiger partial charge in [-0.2, -0.15) is 0 Å². The normalized spacial score (nSPS) is 18.7. The Hall–Kier alpha value is -2.82. The summed E-state index contributed by atoms with van der Waals surface area (Å²) >= 11 is 0. The molecule has 2 aromatic carbocycles. The number of carbonyl (C=O) groups is 1. The fourth-order valence-corrected chi connectivity index (χ4v) is 3.52. The summed E-state index contributed by atoms with van der Waals surface area (Å²) in [7, 11) is 1.59. The van der Waals surface area contributed by atoms with E-state index in [1.807, 2.05) is 47.5 Å². The van der Waals surface area contributed by atoms with Crippen LogP contribution >= 0.6 is 0 Å². The number of fused-ring (bicyclic) bond motifs is 2. The first kappa shape index (κ1) is 16.6. The lowest BCUT2D eigenvalue weighted by atomic mass is 10.0. The smallest absolute Gasteiger partial charge is 0.256 e. The lowest BCUT2D eigenvalue weighted by Gasteiger charge is -2.32. The molecule has 1 saturated heterocycles. The van der Waals surface area contributed by atoms with Gasteiger partial charge < -0.3 is 14.4 Å². The summed E-state index contributed by atoms with van der Waals surface area (Å²) in [6, 6.07) is 13.6. The second-order valence-electron chi connectivity index (χ2n) is 6.63. The molecule has 0 unspecified atom stereocenters. The summed E-state index contributed by atoms with van der Waals surface area (Å²) < 4.78 is 11.4. The number of aliphatic imine (C=N–C) groups is 1. The molecule has 0 aromatic heterocycles. The topological polar surface area (TPSA) is 51.1 Å². The highest BCUT2D eigenvalue weighted by atomic mass is 16.5. The van der Waals surface area contributed by atoms with Crippen molar-refractivity contribution in [2.24, 2.45) is 4.99 Å². The summed E-state index contributed by atoms with van der Waals surface area (Å²) in [5, 5.41) is 0. The van der Waals surface area contributed by atoms with E-state index in [4.69, 9.17) is 9.47 Å². The van der Waals surface area contributed by atoms with E-state index in [0.717, 1.165) is 31.4 Å². The molecule has 0 spiro atoms. The maximum Gasteiger partial charge on any atom is 0.256 e. The Balaban J connectivity index is 1.65. The number of benzene rings is 2.